The molecule has 0 aliphatic rings. The van der Waals surface area contributed by atoms with Crippen LogP contribution in [0.2, 0.25) is 0 Å². The predicted molar refractivity (Wildman–Crippen MR) is 106 cm³/mol. The molecule has 0 radical (unpaired) electrons. The molecule has 0 aliphatic carbocycles. The van der Waals surface area contributed by atoms with Gasteiger partial charge in [0.15, 0.2) is 11.0 Å². The Morgan fingerprint density at radius 1 is 1.38 bits per heavy atom. The fourth-order valence-electron chi connectivity index (χ4n) is 2.19. The minimum Gasteiger partial charge on any atom is -0.378 e. The van der Waals surface area contributed by atoms with Crippen molar-refractivity contribution in [1.82, 2.24) is 19.9 Å². The summed E-state index contributed by atoms with van der Waals surface area (Å²) in [6, 6.07) is 7.85. The van der Waals surface area contributed by atoms with Gasteiger partial charge in [-0.2, -0.15) is 0 Å². The van der Waals surface area contributed by atoms with Gasteiger partial charge in [-0.05, 0) is 19.1 Å². The largest absolute Gasteiger partial charge is 0.378 e. The van der Waals surface area contributed by atoms with E-state index in [1.54, 1.807) is 0 Å². The minimum absolute atomic E-state index is 0.163. The summed E-state index contributed by atoms with van der Waals surface area (Å²) in [5, 5.41) is 13.9. The summed E-state index contributed by atoms with van der Waals surface area (Å²) in [5.41, 5.74) is 2.78. The second-order valence-corrected chi connectivity index (χ2v) is 7.55. The van der Waals surface area contributed by atoms with Crippen molar-refractivity contribution >= 4 is 39.8 Å². The highest BCUT2D eigenvalue weighted by molar-refractivity contribution is 7.99. The number of anilines is 2. The number of hydrogen-bond donors (Lipinski definition) is 2. The average Bonchev–Trinajstić information content (AvgIpc) is 3.18. The van der Waals surface area contributed by atoms with Crippen LogP contribution in [0.15, 0.2) is 34.8 Å². The van der Waals surface area contributed by atoms with E-state index in [9.17, 15) is 4.79 Å². The van der Waals surface area contributed by atoms with E-state index in [1.807, 2.05) is 55.6 Å². The Hall–Kier alpha value is -2.59. The number of carbonyl (C=O) groups excluding carboxylic acids is 1. The van der Waals surface area contributed by atoms with Gasteiger partial charge >= 0.3 is 0 Å². The van der Waals surface area contributed by atoms with Crippen LogP contribution < -0.4 is 16.1 Å². The summed E-state index contributed by atoms with van der Waals surface area (Å²) in [7, 11) is 3.94. The van der Waals surface area contributed by atoms with Crippen molar-refractivity contribution in [2.45, 2.75) is 12.1 Å². The molecule has 0 spiro atoms. The summed E-state index contributed by atoms with van der Waals surface area (Å²) in [5.74, 6) is 6.68. The van der Waals surface area contributed by atoms with Gasteiger partial charge < -0.3 is 16.1 Å². The molecule has 3 aromatic rings. The number of rotatable bonds is 6. The van der Waals surface area contributed by atoms with Gasteiger partial charge in [0.05, 0.1) is 11.4 Å². The Balaban J connectivity index is 1.67. The van der Waals surface area contributed by atoms with Gasteiger partial charge in [-0.15, -0.1) is 21.5 Å². The molecule has 10 heteroatoms. The van der Waals surface area contributed by atoms with Gasteiger partial charge in [0.2, 0.25) is 11.1 Å². The Bertz CT molecular complexity index is 919. The van der Waals surface area contributed by atoms with Gasteiger partial charge in [0.25, 0.3) is 0 Å². The van der Waals surface area contributed by atoms with Gasteiger partial charge in [-0.25, -0.2) is 9.66 Å². The predicted octanol–water partition coefficient (Wildman–Crippen LogP) is 2.22. The van der Waals surface area contributed by atoms with Gasteiger partial charge in [-0.3, -0.25) is 4.79 Å². The molecule has 0 unspecified atom stereocenters. The van der Waals surface area contributed by atoms with Gasteiger partial charge in [0.1, 0.15) is 0 Å². The van der Waals surface area contributed by atoms with E-state index in [1.165, 1.54) is 27.8 Å². The number of aromatic nitrogens is 4. The Morgan fingerprint density at radius 2 is 2.19 bits per heavy atom. The topological polar surface area (TPSA) is 102 Å². The third-order valence-electron chi connectivity index (χ3n) is 3.48. The lowest BCUT2D eigenvalue weighted by molar-refractivity contribution is -0.113. The number of thiazole rings is 1. The Kier molecular flexibility index (Phi) is 5.43. The zero-order chi connectivity index (χ0) is 18.7. The number of carbonyl (C=O) groups is 1. The normalized spacial score (nSPS) is 10.7. The maximum atomic E-state index is 12.0. The molecule has 0 saturated carbocycles. The Labute approximate surface area is 159 Å². The Morgan fingerprint density at radius 3 is 2.88 bits per heavy atom. The number of nitrogens with zero attached hydrogens (tertiary/aromatic N) is 5. The van der Waals surface area contributed by atoms with Crippen LogP contribution in [-0.4, -0.2) is 45.6 Å². The smallest absolute Gasteiger partial charge is 0.236 e. The summed E-state index contributed by atoms with van der Waals surface area (Å²) in [6.45, 7) is 1.88. The number of benzene rings is 1. The molecule has 0 bridgehead atoms. The van der Waals surface area contributed by atoms with Crippen LogP contribution in [0.25, 0.3) is 11.4 Å². The SMILES string of the molecule is Cc1csc(NC(=O)CSc2nnc(-c3cccc(N(C)C)c3)n2N)n1. The maximum absolute atomic E-state index is 12.0. The van der Waals surface area contributed by atoms with E-state index < -0.39 is 0 Å². The molecular weight excluding hydrogens is 370 g/mol. The van der Waals surface area contributed by atoms with Gasteiger partial charge in [0, 0.05) is 30.7 Å². The molecule has 3 N–H and O–H groups in total. The highest BCUT2D eigenvalue weighted by Crippen LogP contribution is 2.25. The lowest BCUT2D eigenvalue weighted by Crippen LogP contribution is -2.16. The van der Waals surface area contributed by atoms with Crippen molar-refractivity contribution in [1.29, 1.82) is 0 Å². The first-order chi connectivity index (χ1) is 12.4. The molecule has 0 fully saturated rings. The summed E-state index contributed by atoms with van der Waals surface area (Å²) in [4.78, 5) is 18.2. The van der Waals surface area contributed by atoms with Crippen molar-refractivity contribution in [3.63, 3.8) is 0 Å². The fourth-order valence-corrected chi connectivity index (χ4v) is 3.55. The van der Waals surface area contributed by atoms with Crippen molar-refractivity contribution in [2.24, 2.45) is 0 Å². The average molecular weight is 390 g/mol. The highest BCUT2D eigenvalue weighted by Gasteiger charge is 2.15. The fraction of sp³-hybridized carbons (Fsp3) is 0.250. The number of nitrogen functional groups attached to an aromatic ring is 1. The van der Waals surface area contributed by atoms with E-state index in [2.05, 4.69) is 20.5 Å². The highest BCUT2D eigenvalue weighted by atomic mass is 32.2. The van der Waals surface area contributed by atoms with Crippen LogP contribution in [0.3, 0.4) is 0 Å². The van der Waals surface area contributed by atoms with Crippen LogP contribution in [-0.2, 0) is 4.79 Å². The van der Waals surface area contributed by atoms with Crippen LogP contribution in [0.5, 0.6) is 0 Å². The molecule has 0 saturated heterocycles. The molecular formula is C16H19N7OS2. The standard InChI is InChI=1S/C16H19N7OS2/c1-10-8-25-15(18-10)19-13(24)9-26-16-21-20-14(23(16)17)11-5-4-6-12(7-11)22(2)3/h4-8H,9,17H2,1-3H3,(H,18,19,24). The molecule has 2 aromatic heterocycles. The minimum atomic E-state index is -0.163. The van der Waals surface area contributed by atoms with Crippen LogP contribution in [0.4, 0.5) is 10.8 Å². The number of thioether (sulfide) groups is 1. The summed E-state index contributed by atoms with van der Waals surface area (Å²) in [6.07, 6.45) is 0. The molecule has 1 amide bonds. The van der Waals surface area contributed by atoms with Crippen LogP contribution in [0, 0.1) is 6.92 Å². The summed E-state index contributed by atoms with van der Waals surface area (Å²) < 4.78 is 1.40. The molecule has 0 aliphatic heterocycles. The molecule has 26 heavy (non-hydrogen) atoms. The van der Waals surface area contributed by atoms with E-state index in [0.29, 0.717) is 16.1 Å². The first kappa shape index (κ1) is 18.2. The first-order valence-corrected chi connectivity index (χ1v) is 9.63. The molecule has 3 rings (SSSR count). The van der Waals surface area contributed by atoms with E-state index >= 15 is 0 Å². The molecule has 136 valence electrons. The number of nitrogens with two attached hydrogens (primary N) is 1. The third kappa shape index (κ3) is 4.14. The van der Waals surface area contributed by atoms with E-state index in [-0.39, 0.29) is 11.7 Å². The van der Waals surface area contributed by atoms with Crippen molar-refractivity contribution in [2.75, 3.05) is 35.9 Å². The molecule has 2 heterocycles. The van der Waals surface area contributed by atoms with E-state index in [4.69, 9.17) is 5.84 Å². The summed E-state index contributed by atoms with van der Waals surface area (Å²) >= 11 is 2.62. The zero-order valence-electron chi connectivity index (χ0n) is 14.6. The quantitative estimate of drug-likeness (QED) is 0.492. The zero-order valence-corrected chi connectivity index (χ0v) is 16.3. The molecule has 0 atom stereocenters. The van der Waals surface area contributed by atoms with Gasteiger partial charge in [-0.1, -0.05) is 23.9 Å². The second kappa shape index (κ2) is 7.75. The first-order valence-electron chi connectivity index (χ1n) is 7.77. The number of amides is 1. The number of aryl methyl sites for hydroxylation is 1. The molecule has 8 nitrogen and oxygen atoms in total. The number of nitrogens with one attached hydrogen (secondary N) is 1. The van der Waals surface area contributed by atoms with Crippen molar-refractivity contribution in [3.8, 4) is 11.4 Å². The van der Waals surface area contributed by atoms with E-state index in [0.717, 1.165) is 16.9 Å². The molecule has 1 aromatic carbocycles. The lowest BCUT2D eigenvalue weighted by atomic mass is 10.2. The van der Waals surface area contributed by atoms with Crippen LogP contribution in [0.1, 0.15) is 5.69 Å². The number of hydrogen-bond acceptors (Lipinski definition) is 8. The van der Waals surface area contributed by atoms with Crippen LogP contribution >= 0.6 is 23.1 Å². The van der Waals surface area contributed by atoms with Crippen molar-refractivity contribution in [3.05, 3.63) is 35.3 Å². The van der Waals surface area contributed by atoms with Crippen molar-refractivity contribution < 1.29 is 4.79 Å². The maximum Gasteiger partial charge on any atom is 0.236 e. The monoisotopic (exact) mass is 389 g/mol. The lowest BCUT2D eigenvalue weighted by Gasteiger charge is -2.13. The second-order valence-electron chi connectivity index (χ2n) is 5.75. The third-order valence-corrected chi connectivity index (χ3v) is 5.30.